The molecule has 27 heavy (non-hydrogen) atoms. The number of hydrogen-bond donors (Lipinski definition) is 1. The second-order valence-electron chi connectivity index (χ2n) is 7.37. The minimum atomic E-state index is -4.52. The third-order valence-electron chi connectivity index (χ3n) is 5.34. The molecule has 0 aliphatic carbocycles. The van der Waals surface area contributed by atoms with E-state index < -0.39 is 16.1 Å². The molecule has 1 N–H and O–H groups in total. The molecular formula is C19H22N2O5S. The highest BCUT2D eigenvalue weighted by atomic mass is 32.2. The van der Waals surface area contributed by atoms with Crippen LogP contribution in [0, 0.1) is 0 Å². The molecule has 3 rings (SSSR count). The molecule has 0 saturated carbocycles. The van der Waals surface area contributed by atoms with Crippen molar-refractivity contribution in [1.82, 2.24) is 4.98 Å². The van der Waals surface area contributed by atoms with Crippen molar-refractivity contribution in [3.8, 4) is 0 Å². The summed E-state index contributed by atoms with van der Waals surface area (Å²) in [5, 5.41) is 10.3. The lowest BCUT2D eigenvalue weighted by Crippen LogP contribution is -2.27. The Kier molecular flexibility index (Phi) is 4.81. The number of carboxylic acid groups (broad SMARTS) is 1. The number of carboxylic acids is 1. The first-order valence-corrected chi connectivity index (χ1v) is 10.2. The van der Waals surface area contributed by atoms with E-state index in [1.807, 2.05) is 6.92 Å². The Morgan fingerprint density at radius 1 is 1.30 bits per heavy atom. The van der Waals surface area contributed by atoms with E-state index in [1.54, 1.807) is 12.3 Å². The van der Waals surface area contributed by atoms with Crippen molar-refractivity contribution in [3.63, 3.8) is 0 Å². The molecule has 1 aliphatic rings. The number of fused-ring (bicyclic) bond motifs is 3. The van der Waals surface area contributed by atoms with Crippen LogP contribution < -0.4 is 0 Å². The molecule has 8 heteroatoms. The number of rotatable bonds is 6. The van der Waals surface area contributed by atoms with E-state index in [4.69, 9.17) is 5.11 Å². The second-order valence-corrected chi connectivity index (χ2v) is 8.75. The van der Waals surface area contributed by atoms with Crippen molar-refractivity contribution in [2.75, 3.05) is 6.54 Å². The van der Waals surface area contributed by atoms with E-state index in [0.717, 1.165) is 28.9 Å². The number of carbonyl (C=O) groups is 1. The van der Waals surface area contributed by atoms with Crippen LogP contribution >= 0.6 is 0 Å². The lowest BCUT2D eigenvalue weighted by molar-refractivity contribution is -0.443. The standard InChI is InChI=1S/C19H22N2O5S/c1-12-19(2,3)17-15-8-7-14(27(24,25)26)10-13(15)11-20-18(17)21(12)9-5-4-6-16(22)23/h7-8,10-11H,4-6,9H2,1-3H3,(H-,22,23,24,25,26). The van der Waals surface area contributed by atoms with E-state index in [-0.39, 0.29) is 16.7 Å². The topological polar surface area (TPSA) is 110 Å². The summed E-state index contributed by atoms with van der Waals surface area (Å²) in [6.45, 7) is 6.86. The molecule has 0 amide bonds. The van der Waals surface area contributed by atoms with Gasteiger partial charge < -0.3 is 9.66 Å². The molecule has 1 aliphatic heterocycles. The monoisotopic (exact) mass is 390 g/mol. The predicted molar refractivity (Wildman–Crippen MR) is 99.7 cm³/mol. The summed E-state index contributed by atoms with van der Waals surface area (Å²) >= 11 is 0. The third-order valence-corrected chi connectivity index (χ3v) is 6.17. The zero-order valence-corrected chi connectivity index (χ0v) is 16.3. The maximum Gasteiger partial charge on any atom is 0.327 e. The number of aromatic nitrogens is 1. The fraction of sp³-hybridized carbons (Fsp3) is 0.421. The lowest BCUT2D eigenvalue weighted by Gasteiger charge is -2.18. The quantitative estimate of drug-likeness (QED) is 0.461. The summed E-state index contributed by atoms with van der Waals surface area (Å²) in [5.74, 6) is 0.00385. The lowest BCUT2D eigenvalue weighted by atomic mass is 9.81. The summed E-state index contributed by atoms with van der Waals surface area (Å²) in [6, 6.07) is 4.38. The second kappa shape index (κ2) is 6.69. The number of benzene rings is 1. The van der Waals surface area contributed by atoms with Gasteiger partial charge in [-0.2, -0.15) is 0 Å². The average molecular weight is 390 g/mol. The molecule has 0 radical (unpaired) electrons. The first-order valence-electron chi connectivity index (χ1n) is 8.76. The molecule has 0 unspecified atom stereocenters. The zero-order valence-electron chi connectivity index (χ0n) is 15.5. The number of nitrogens with zero attached hydrogens (tertiary/aromatic N) is 2. The average Bonchev–Trinajstić information content (AvgIpc) is 2.77. The molecule has 2 heterocycles. The van der Waals surface area contributed by atoms with Crippen LogP contribution in [0.15, 0.2) is 29.3 Å². The van der Waals surface area contributed by atoms with E-state index in [1.165, 1.54) is 12.1 Å². The van der Waals surface area contributed by atoms with Gasteiger partial charge in [-0.25, -0.2) is 13.0 Å². The molecule has 0 spiro atoms. The van der Waals surface area contributed by atoms with Crippen LogP contribution in [0.5, 0.6) is 0 Å². The van der Waals surface area contributed by atoms with Crippen molar-refractivity contribution in [3.05, 3.63) is 30.0 Å². The molecule has 2 aromatic rings. The molecule has 0 bridgehead atoms. The van der Waals surface area contributed by atoms with Crippen LogP contribution in [0.3, 0.4) is 0 Å². The highest BCUT2D eigenvalue weighted by molar-refractivity contribution is 7.85. The fourth-order valence-corrected chi connectivity index (χ4v) is 4.17. The van der Waals surface area contributed by atoms with Crippen molar-refractivity contribution in [1.29, 1.82) is 0 Å². The van der Waals surface area contributed by atoms with Gasteiger partial charge in [0.25, 0.3) is 0 Å². The zero-order chi connectivity index (χ0) is 20.0. The number of aliphatic carboxylic acids is 1. The van der Waals surface area contributed by atoms with Crippen molar-refractivity contribution >= 4 is 38.4 Å². The number of hydrogen-bond acceptors (Lipinski definition) is 5. The summed E-state index contributed by atoms with van der Waals surface area (Å²) in [7, 11) is -4.52. The normalized spacial score (nSPS) is 16.0. The van der Waals surface area contributed by atoms with Crippen LogP contribution in [0.25, 0.3) is 10.8 Å². The van der Waals surface area contributed by atoms with Gasteiger partial charge in [0.2, 0.25) is 0 Å². The molecule has 1 aromatic carbocycles. The van der Waals surface area contributed by atoms with Gasteiger partial charge in [-0.3, -0.25) is 4.79 Å². The Morgan fingerprint density at radius 3 is 2.63 bits per heavy atom. The van der Waals surface area contributed by atoms with E-state index in [2.05, 4.69) is 23.4 Å². The van der Waals surface area contributed by atoms with Gasteiger partial charge in [0.05, 0.1) is 28.1 Å². The number of pyridine rings is 1. The molecule has 144 valence electrons. The Bertz CT molecular complexity index is 1070. The molecular weight excluding hydrogens is 368 g/mol. The van der Waals surface area contributed by atoms with Crippen LogP contribution in [0.4, 0.5) is 5.82 Å². The predicted octanol–water partition coefficient (Wildman–Crippen LogP) is 2.79. The van der Waals surface area contributed by atoms with Crippen LogP contribution in [-0.4, -0.2) is 45.9 Å². The molecule has 0 saturated heterocycles. The minimum Gasteiger partial charge on any atom is -0.744 e. The molecule has 0 fully saturated rings. The van der Waals surface area contributed by atoms with Crippen molar-refractivity contribution in [2.45, 2.75) is 50.3 Å². The highest BCUT2D eigenvalue weighted by Gasteiger charge is 2.43. The summed E-state index contributed by atoms with van der Waals surface area (Å²) in [4.78, 5) is 15.0. The third kappa shape index (κ3) is 3.46. The van der Waals surface area contributed by atoms with Crippen LogP contribution in [0.2, 0.25) is 0 Å². The van der Waals surface area contributed by atoms with Gasteiger partial charge in [0.15, 0.2) is 0 Å². The van der Waals surface area contributed by atoms with Gasteiger partial charge in [0.1, 0.15) is 16.3 Å². The van der Waals surface area contributed by atoms with Crippen molar-refractivity contribution < 1.29 is 27.4 Å². The number of unbranched alkanes of at least 4 members (excludes halogenated alkanes) is 1. The molecule has 0 atom stereocenters. The Labute approximate surface area is 158 Å². The first kappa shape index (κ1) is 19.4. The van der Waals surface area contributed by atoms with Crippen LogP contribution in [0.1, 0.15) is 45.6 Å². The minimum absolute atomic E-state index is 0.140. The largest absolute Gasteiger partial charge is 0.744 e. The SMILES string of the molecule is CC1=[N+](CCCCC(=O)O)c2ncc3cc(S(=O)(=O)[O-])ccc3c2C1(C)C. The van der Waals surface area contributed by atoms with Crippen LogP contribution in [-0.2, 0) is 20.3 Å². The molecule has 7 nitrogen and oxygen atoms in total. The maximum atomic E-state index is 11.3. The van der Waals surface area contributed by atoms with Gasteiger partial charge in [-0.05, 0) is 56.1 Å². The molecule has 1 aromatic heterocycles. The Balaban J connectivity index is 2.05. The summed E-state index contributed by atoms with van der Waals surface area (Å²) < 4.78 is 36.0. The van der Waals surface area contributed by atoms with Gasteiger partial charge in [-0.1, -0.05) is 6.07 Å². The van der Waals surface area contributed by atoms with Crippen molar-refractivity contribution in [2.24, 2.45) is 0 Å². The fourth-order valence-electron chi connectivity index (χ4n) is 3.66. The van der Waals surface area contributed by atoms with Gasteiger partial charge in [0, 0.05) is 11.8 Å². The van der Waals surface area contributed by atoms with Gasteiger partial charge in [-0.15, -0.1) is 0 Å². The van der Waals surface area contributed by atoms with Gasteiger partial charge >= 0.3 is 11.8 Å². The van der Waals surface area contributed by atoms with E-state index in [9.17, 15) is 17.8 Å². The summed E-state index contributed by atoms with van der Waals surface area (Å²) in [5.41, 5.74) is 1.78. The smallest absolute Gasteiger partial charge is 0.327 e. The maximum absolute atomic E-state index is 11.3. The first-order chi connectivity index (χ1) is 12.5. The van der Waals surface area contributed by atoms with E-state index >= 15 is 0 Å². The Morgan fingerprint density at radius 2 is 2.00 bits per heavy atom. The summed E-state index contributed by atoms with van der Waals surface area (Å²) in [6.07, 6.45) is 3.04. The highest BCUT2D eigenvalue weighted by Crippen LogP contribution is 2.42. The van der Waals surface area contributed by atoms with E-state index in [0.29, 0.717) is 18.4 Å². The Hall–Kier alpha value is -2.32.